The molecule has 0 saturated heterocycles. The standard InChI is InChI=1S/C12H14N2O2/c1-4-10(12-6-5-8(2)15-12)14-11-7-13-16-9(11)3/h5-7H,4H2,1-3H3. The van der Waals surface area contributed by atoms with E-state index in [9.17, 15) is 0 Å². The first kappa shape index (κ1) is 10.7. The fourth-order valence-electron chi connectivity index (χ4n) is 1.44. The van der Waals surface area contributed by atoms with E-state index in [4.69, 9.17) is 8.94 Å². The van der Waals surface area contributed by atoms with E-state index in [1.165, 1.54) is 0 Å². The lowest BCUT2D eigenvalue weighted by atomic mass is 10.2. The van der Waals surface area contributed by atoms with Crippen LogP contribution in [-0.2, 0) is 0 Å². The molecule has 0 fully saturated rings. The summed E-state index contributed by atoms with van der Waals surface area (Å²) in [5, 5.41) is 3.70. The Bertz CT molecular complexity index is 509. The first-order valence-corrected chi connectivity index (χ1v) is 5.26. The third-order valence-electron chi connectivity index (χ3n) is 2.34. The van der Waals surface area contributed by atoms with Crippen molar-refractivity contribution in [3.63, 3.8) is 0 Å². The third-order valence-corrected chi connectivity index (χ3v) is 2.34. The van der Waals surface area contributed by atoms with Gasteiger partial charge in [0.15, 0.2) is 5.76 Å². The highest BCUT2D eigenvalue weighted by atomic mass is 16.5. The van der Waals surface area contributed by atoms with E-state index in [1.54, 1.807) is 6.20 Å². The summed E-state index contributed by atoms with van der Waals surface area (Å²) in [5.74, 6) is 2.41. The number of nitrogens with zero attached hydrogens (tertiary/aromatic N) is 2. The molecule has 0 amide bonds. The van der Waals surface area contributed by atoms with Gasteiger partial charge in [-0.2, -0.15) is 0 Å². The predicted molar refractivity (Wildman–Crippen MR) is 61.2 cm³/mol. The molecule has 0 bridgehead atoms. The molecule has 0 radical (unpaired) electrons. The molecule has 4 nitrogen and oxygen atoms in total. The van der Waals surface area contributed by atoms with Crippen LogP contribution in [0.3, 0.4) is 0 Å². The van der Waals surface area contributed by atoms with Gasteiger partial charge in [-0.15, -0.1) is 0 Å². The molecule has 0 aliphatic carbocycles. The molecule has 4 heteroatoms. The second-order valence-corrected chi connectivity index (χ2v) is 3.59. The Kier molecular flexibility index (Phi) is 2.90. The van der Waals surface area contributed by atoms with Crippen molar-refractivity contribution < 1.29 is 8.94 Å². The number of aromatic nitrogens is 1. The minimum Gasteiger partial charge on any atom is -0.460 e. The normalized spacial score (nSPS) is 12.1. The van der Waals surface area contributed by atoms with Crippen LogP contribution in [-0.4, -0.2) is 10.9 Å². The van der Waals surface area contributed by atoms with Crippen molar-refractivity contribution in [1.82, 2.24) is 5.16 Å². The summed E-state index contributed by atoms with van der Waals surface area (Å²) in [5.41, 5.74) is 1.66. The van der Waals surface area contributed by atoms with Crippen molar-refractivity contribution in [2.45, 2.75) is 27.2 Å². The Labute approximate surface area is 94.0 Å². The maximum Gasteiger partial charge on any atom is 0.159 e. The van der Waals surface area contributed by atoms with Gasteiger partial charge in [-0.25, -0.2) is 4.99 Å². The minimum atomic E-state index is 0.717. The first-order chi connectivity index (χ1) is 7.70. The van der Waals surface area contributed by atoms with E-state index in [1.807, 2.05) is 32.9 Å². The lowest BCUT2D eigenvalue weighted by Crippen LogP contribution is -1.95. The third kappa shape index (κ3) is 2.05. The van der Waals surface area contributed by atoms with Crippen molar-refractivity contribution >= 4 is 11.4 Å². The van der Waals surface area contributed by atoms with Crippen molar-refractivity contribution in [2.24, 2.45) is 4.99 Å². The first-order valence-electron chi connectivity index (χ1n) is 5.26. The zero-order valence-electron chi connectivity index (χ0n) is 9.65. The van der Waals surface area contributed by atoms with Gasteiger partial charge in [-0.3, -0.25) is 0 Å². The second-order valence-electron chi connectivity index (χ2n) is 3.59. The summed E-state index contributed by atoms with van der Waals surface area (Å²) < 4.78 is 10.5. The van der Waals surface area contributed by atoms with Gasteiger partial charge < -0.3 is 8.94 Å². The Balaban J connectivity index is 2.36. The average Bonchev–Trinajstić information content (AvgIpc) is 2.85. The molecule has 0 aliphatic rings. The number of aliphatic imine (C=N–C) groups is 1. The lowest BCUT2D eigenvalue weighted by molar-refractivity contribution is 0.398. The van der Waals surface area contributed by atoms with E-state index in [2.05, 4.69) is 10.1 Å². The van der Waals surface area contributed by atoms with Gasteiger partial charge in [0.05, 0.1) is 11.9 Å². The molecule has 2 rings (SSSR count). The summed E-state index contributed by atoms with van der Waals surface area (Å²) in [4.78, 5) is 4.49. The highest BCUT2D eigenvalue weighted by Gasteiger charge is 2.08. The maximum absolute atomic E-state index is 5.54. The molecule has 2 heterocycles. The SMILES string of the molecule is CCC(=Nc1cnoc1C)c1ccc(C)o1. The summed E-state index contributed by atoms with van der Waals surface area (Å²) in [6, 6.07) is 3.86. The van der Waals surface area contributed by atoms with Crippen molar-refractivity contribution in [1.29, 1.82) is 0 Å². The number of hydrogen-bond donors (Lipinski definition) is 0. The molecule has 0 unspecified atom stereocenters. The lowest BCUT2D eigenvalue weighted by Gasteiger charge is -1.98. The molecule has 0 spiro atoms. The average molecular weight is 218 g/mol. The smallest absolute Gasteiger partial charge is 0.159 e. The van der Waals surface area contributed by atoms with Crippen LogP contribution >= 0.6 is 0 Å². The Hall–Kier alpha value is -1.84. The van der Waals surface area contributed by atoms with Gasteiger partial charge in [0, 0.05) is 0 Å². The summed E-state index contributed by atoms with van der Waals surface area (Å²) in [6.07, 6.45) is 2.42. The monoisotopic (exact) mass is 218 g/mol. The Morgan fingerprint density at radius 3 is 2.69 bits per heavy atom. The molecule has 0 saturated carbocycles. The van der Waals surface area contributed by atoms with Gasteiger partial charge in [0.25, 0.3) is 0 Å². The fraction of sp³-hybridized carbons (Fsp3) is 0.333. The Morgan fingerprint density at radius 2 is 2.19 bits per heavy atom. The van der Waals surface area contributed by atoms with Crippen LogP contribution in [0.5, 0.6) is 0 Å². The van der Waals surface area contributed by atoms with Gasteiger partial charge in [0.1, 0.15) is 17.2 Å². The number of aryl methyl sites for hydroxylation is 2. The molecule has 16 heavy (non-hydrogen) atoms. The summed E-state index contributed by atoms with van der Waals surface area (Å²) >= 11 is 0. The predicted octanol–water partition coefficient (Wildman–Crippen LogP) is 3.42. The van der Waals surface area contributed by atoms with Gasteiger partial charge in [-0.1, -0.05) is 12.1 Å². The van der Waals surface area contributed by atoms with Crippen LogP contribution in [0.25, 0.3) is 0 Å². The Morgan fingerprint density at radius 1 is 1.38 bits per heavy atom. The van der Waals surface area contributed by atoms with Crippen LogP contribution in [0.2, 0.25) is 0 Å². The molecule has 2 aromatic heterocycles. The second kappa shape index (κ2) is 4.35. The molecule has 84 valence electrons. The molecule has 0 atom stereocenters. The van der Waals surface area contributed by atoms with E-state index in [0.717, 1.165) is 29.3 Å². The number of rotatable bonds is 3. The van der Waals surface area contributed by atoms with Crippen LogP contribution < -0.4 is 0 Å². The molecule has 0 aliphatic heterocycles. The zero-order chi connectivity index (χ0) is 11.5. The van der Waals surface area contributed by atoms with E-state index in [-0.39, 0.29) is 0 Å². The van der Waals surface area contributed by atoms with Crippen molar-refractivity contribution in [3.05, 3.63) is 35.6 Å². The van der Waals surface area contributed by atoms with Gasteiger partial charge in [0.2, 0.25) is 0 Å². The van der Waals surface area contributed by atoms with E-state index >= 15 is 0 Å². The van der Waals surface area contributed by atoms with Crippen LogP contribution in [0.1, 0.15) is 30.6 Å². The minimum absolute atomic E-state index is 0.717. The molecule has 2 aromatic rings. The van der Waals surface area contributed by atoms with E-state index < -0.39 is 0 Å². The fourth-order valence-corrected chi connectivity index (χ4v) is 1.44. The highest BCUT2D eigenvalue weighted by molar-refractivity contribution is 5.99. The summed E-state index contributed by atoms with van der Waals surface area (Å²) in [7, 11) is 0. The number of furan rings is 1. The quantitative estimate of drug-likeness (QED) is 0.742. The van der Waals surface area contributed by atoms with Crippen molar-refractivity contribution in [3.8, 4) is 0 Å². The molecule has 0 N–H and O–H groups in total. The zero-order valence-corrected chi connectivity index (χ0v) is 9.65. The van der Waals surface area contributed by atoms with Gasteiger partial charge >= 0.3 is 0 Å². The maximum atomic E-state index is 5.54. The highest BCUT2D eigenvalue weighted by Crippen LogP contribution is 2.20. The largest absolute Gasteiger partial charge is 0.460 e. The molecule has 0 aromatic carbocycles. The van der Waals surface area contributed by atoms with Gasteiger partial charge in [-0.05, 0) is 32.4 Å². The molecular formula is C12H14N2O2. The van der Waals surface area contributed by atoms with E-state index in [0.29, 0.717) is 5.76 Å². The number of hydrogen-bond acceptors (Lipinski definition) is 4. The van der Waals surface area contributed by atoms with Crippen molar-refractivity contribution in [2.75, 3.05) is 0 Å². The molecular weight excluding hydrogens is 204 g/mol. The van der Waals surface area contributed by atoms with Crippen LogP contribution in [0.15, 0.2) is 32.3 Å². The van der Waals surface area contributed by atoms with Crippen LogP contribution in [0.4, 0.5) is 5.69 Å². The topological polar surface area (TPSA) is 51.5 Å². The van der Waals surface area contributed by atoms with Crippen LogP contribution in [0, 0.1) is 13.8 Å². The summed E-state index contributed by atoms with van der Waals surface area (Å²) in [6.45, 7) is 5.80.